The number of benzene rings is 1. The van der Waals surface area contributed by atoms with Gasteiger partial charge in [-0.1, -0.05) is 0 Å². The van der Waals surface area contributed by atoms with Gasteiger partial charge in [0.15, 0.2) is 0 Å². The van der Waals surface area contributed by atoms with Gasteiger partial charge in [-0.2, -0.15) is 0 Å². The molecule has 22 heavy (non-hydrogen) atoms. The Morgan fingerprint density at radius 1 is 1.41 bits per heavy atom. The van der Waals surface area contributed by atoms with E-state index in [0.717, 1.165) is 12.8 Å². The van der Waals surface area contributed by atoms with Gasteiger partial charge < -0.3 is 15.4 Å². The molecular formula is C14H17N3O5. The molecule has 8 nitrogen and oxygen atoms in total. The van der Waals surface area contributed by atoms with Crippen molar-refractivity contribution in [2.45, 2.75) is 31.8 Å². The summed E-state index contributed by atoms with van der Waals surface area (Å²) in [6.45, 7) is 1.47. The van der Waals surface area contributed by atoms with Crippen LogP contribution in [0, 0.1) is 10.1 Å². The summed E-state index contributed by atoms with van der Waals surface area (Å²) in [6, 6.07) is 3.62. The number of nitrogens with zero attached hydrogens (tertiary/aromatic N) is 1. The van der Waals surface area contributed by atoms with E-state index in [4.69, 9.17) is 0 Å². The highest BCUT2D eigenvalue weighted by Crippen LogP contribution is 2.31. The first-order chi connectivity index (χ1) is 10.4. The number of rotatable bonds is 6. The Morgan fingerprint density at radius 2 is 2.09 bits per heavy atom. The van der Waals surface area contributed by atoms with Crippen molar-refractivity contribution >= 4 is 23.3 Å². The third-order valence-electron chi connectivity index (χ3n) is 3.30. The summed E-state index contributed by atoms with van der Waals surface area (Å²) in [5.74, 6) is -1.16. The highest BCUT2D eigenvalue weighted by molar-refractivity contribution is 5.97. The molecule has 1 aliphatic carbocycles. The maximum Gasteiger partial charge on any atom is 0.328 e. The number of carbonyl (C=O) groups excluding carboxylic acids is 2. The van der Waals surface area contributed by atoms with Gasteiger partial charge in [0.05, 0.1) is 12.0 Å². The average molecular weight is 307 g/mol. The molecule has 1 saturated carbocycles. The maximum absolute atomic E-state index is 12.0. The molecule has 2 N–H and O–H groups in total. The monoisotopic (exact) mass is 307 g/mol. The Kier molecular flexibility index (Phi) is 4.59. The van der Waals surface area contributed by atoms with E-state index in [0.29, 0.717) is 5.69 Å². The van der Waals surface area contributed by atoms with E-state index >= 15 is 0 Å². The summed E-state index contributed by atoms with van der Waals surface area (Å²) < 4.78 is 4.51. The van der Waals surface area contributed by atoms with Crippen LogP contribution in [0.15, 0.2) is 18.2 Å². The van der Waals surface area contributed by atoms with E-state index in [2.05, 4.69) is 15.4 Å². The predicted octanol–water partition coefficient (Wildman–Crippen LogP) is 1.46. The van der Waals surface area contributed by atoms with Gasteiger partial charge in [-0.3, -0.25) is 14.9 Å². The summed E-state index contributed by atoms with van der Waals surface area (Å²) in [6.07, 6.45) is 1.96. The number of nitrogens with one attached hydrogen (secondary N) is 2. The number of methoxy groups -OCH3 is 1. The maximum atomic E-state index is 12.0. The lowest BCUT2D eigenvalue weighted by molar-refractivity contribution is -0.384. The largest absolute Gasteiger partial charge is 0.467 e. The minimum Gasteiger partial charge on any atom is -0.467 e. The van der Waals surface area contributed by atoms with E-state index in [-0.39, 0.29) is 17.3 Å². The topological polar surface area (TPSA) is 111 Å². The fourth-order valence-corrected chi connectivity index (χ4v) is 1.91. The minimum atomic E-state index is -0.833. The zero-order chi connectivity index (χ0) is 16.3. The molecule has 0 aromatic heterocycles. The van der Waals surface area contributed by atoms with Gasteiger partial charge in [-0.15, -0.1) is 0 Å². The van der Waals surface area contributed by atoms with Crippen molar-refractivity contribution < 1.29 is 19.2 Å². The van der Waals surface area contributed by atoms with Crippen molar-refractivity contribution in [1.82, 2.24) is 5.32 Å². The summed E-state index contributed by atoms with van der Waals surface area (Å²) in [4.78, 5) is 33.9. The third-order valence-corrected chi connectivity index (χ3v) is 3.30. The van der Waals surface area contributed by atoms with Crippen LogP contribution in [0.25, 0.3) is 0 Å². The van der Waals surface area contributed by atoms with Crippen LogP contribution in [0.3, 0.4) is 0 Å². The Balaban J connectivity index is 2.16. The molecule has 1 amide bonds. The molecule has 0 bridgehead atoms. The minimum absolute atomic E-state index is 0.115. The lowest BCUT2D eigenvalue weighted by Crippen LogP contribution is -2.39. The summed E-state index contributed by atoms with van der Waals surface area (Å²) in [7, 11) is 1.22. The van der Waals surface area contributed by atoms with E-state index < -0.39 is 22.8 Å². The summed E-state index contributed by atoms with van der Waals surface area (Å²) in [5.41, 5.74) is 0.346. The van der Waals surface area contributed by atoms with Crippen LogP contribution in [0.2, 0.25) is 0 Å². The van der Waals surface area contributed by atoms with Crippen molar-refractivity contribution in [2.24, 2.45) is 0 Å². The van der Waals surface area contributed by atoms with E-state index in [9.17, 15) is 19.7 Å². The number of hydrogen-bond donors (Lipinski definition) is 2. The molecule has 118 valence electrons. The van der Waals surface area contributed by atoms with Gasteiger partial charge in [-0.05, 0) is 31.9 Å². The van der Waals surface area contributed by atoms with E-state index in [1.807, 2.05) is 0 Å². The number of anilines is 1. The van der Waals surface area contributed by atoms with Crippen LogP contribution < -0.4 is 10.6 Å². The number of esters is 1. The normalized spacial score (nSPS) is 14.8. The molecular weight excluding hydrogens is 290 g/mol. The molecule has 1 unspecified atom stereocenters. The first kappa shape index (κ1) is 15.7. The Hall–Kier alpha value is -2.64. The SMILES string of the molecule is COC(=O)C(C)NC(=O)c1ccc(NC2CC2)c([N+](=O)[O-])c1. The standard InChI is InChI=1S/C14H17N3O5/c1-8(14(19)22-2)15-13(18)9-3-6-11(16-10-4-5-10)12(7-9)17(20)21/h3,6-8,10,16H,4-5H2,1-2H3,(H,15,18). The Bertz CT molecular complexity index is 612. The molecule has 2 rings (SSSR count). The zero-order valence-electron chi connectivity index (χ0n) is 12.3. The van der Waals surface area contributed by atoms with Gasteiger partial charge in [0.1, 0.15) is 11.7 Å². The second kappa shape index (κ2) is 6.42. The quantitative estimate of drug-likeness (QED) is 0.467. The van der Waals surface area contributed by atoms with Crippen molar-refractivity contribution in [2.75, 3.05) is 12.4 Å². The molecule has 1 atom stereocenters. The second-order valence-electron chi connectivity index (χ2n) is 5.13. The lowest BCUT2D eigenvalue weighted by atomic mass is 10.1. The fraction of sp³-hybridized carbons (Fsp3) is 0.429. The first-order valence-corrected chi connectivity index (χ1v) is 6.86. The Morgan fingerprint density at radius 3 is 2.64 bits per heavy atom. The number of nitro groups is 1. The van der Waals surface area contributed by atoms with Crippen LogP contribution in [0.1, 0.15) is 30.1 Å². The molecule has 0 spiro atoms. The fourth-order valence-electron chi connectivity index (χ4n) is 1.91. The first-order valence-electron chi connectivity index (χ1n) is 6.86. The van der Waals surface area contributed by atoms with E-state index in [1.54, 1.807) is 0 Å². The second-order valence-corrected chi connectivity index (χ2v) is 5.13. The van der Waals surface area contributed by atoms with Crippen molar-refractivity contribution in [1.29, 1.82) is 0 Å². The van der Waals surface area contributed by atoms with Crippen LogP contribution in [0.4, 0.5) is 11.4 Å². The number of ether oxygens (including phenoxy) is 1. The highest BCUT2D eigenvalue weighted by atomic mass is 16.6. The van der Waals surface area contributed by atoms with Crippen molar-refractivity contribution in [3.8, 4) is 0 Å². The van der Waals surface area contributed by atoms with Gasteiger partial charge in [0, 0.05) is 17.7 Å². The molecule has 1 aromatic carbocycles. The van der Waals surface area contributed by atoms with E-state index in [1.165, 1.54) is 32.2 Å². The molecule has 0 aliphatic heterocycles. The van der Waals surface area contributed by atoms with Crippen molar-refractivity contribution in [3.63, 3.8) is 0 Å². The molecule has 0 radical (unpaired) electrons. The van der Waals surface area contributed by atoms with Crippen LogP contribution in [0.5, 0.6) is 0 Å². The smallest absolute Gasteiger partial charge is 0.328 e. The number of carbonyl (C=O) groups is 2. The van der Waals surface area contributed by atoms with Crippen LogP contribution >= 0.6 is 0 Å². The van der Waals surface area contributed by atoms with Crippen LogP contribution in [-0.2, 0) is 9.53 Å². The van der Waals surface area contributed by atoms with Gasteiger partial charge >= 0.3 is 5.97 Å². The summed E-state index contributed by atoms with van der Waals surface area (Å²) in [5, 5.41) is 16.6. The molecule has 1 fully saturated rings. The van der Waals surface area contributed by atoms with Gasteiger partial charge in [-0.25, -0.2) is 4.79 Å². The Labute approximate surface area is 127 Å². The molecule has 1 aromatic rings. The number of nitro benzene ring substituents is 1. The molecule has 8 heteroatoms. The summed E-state index contributed by atoms with van der Waals surface area (Å²) >= 11 is 0. The molecule has 0 saturated heterocycles. The highest BCUT2D eigenvalue weighted by Gasteiger charge is 2.26. The number of amides is 1. The number of hydrogen-bond acceptors (Lipinski definition) is 6. The van der Waals surface area contributed by atoms with Crippen LogP contribution in [-0.4, -0.2) is 36.0 Å². The van der Waals surface area contributed by atoms with Gasteiger partial charge in [0.2, 0.25) is 0 Å². The predicted molar refractivity (Wildman–Crippen MR) is 78.7 cm³/mol. The molecule has 0 heterocycles. The van der Waals surface area contributed by atoms with Crippen molar-refractivity contribution in [3.05, 3.63) is 33.9 Å². The third kappa shape index (κ3) is 3.72. The van der Waals surface area contributed by atoms with Gasteiger partial charge in [0.25, 0.3) is 11.6 Å². The molecule has 1 aliphatic rings. The average Bonchev–Trinajstić information content (AvgIpc) is 3.30. The zero-order valence-corrected chi connectivity index (χ0v) is 12.3. The lowest BCUT2D eigenvalue weighted by Gasteiger charge is -2.12.